The molecular weight excluding hydrogens is 286 g/mol. The van der Waals surface area contributed by atoms with E-state index >= 15 is 0 Å². The molecule has 0 atom stereocenters. The maximum absolute atomic E-state index is 5.82. The summed E-state index contributed by atoms with van der Waals surface area (Å²) in [6.45, 7) is 0.799. The van der Waals surface area contributed by atoms with Gasteiger partial charge in [0, 0.05) is 21.7 Å². The highest BCUT2D eigenvalue weighted by atomic mass is 79.9. The zero-order chi connectivity index (χ0) is 11.4. The number of halogens is 2. The predicted molar refractivity (Wildman–Crippen MR) is 72.9 cm³/mol. The SMILES string of the molecule is Clc1ccc(CNc2cccc(Br)c2)cc1. The Balaban J connectivity index is 1.99. The van der Waals surface area contributed by atoms with Crippen LogP contribution in [0.5, 0.6) is 0 Å². The highest BCUT2D eigenvalue weighted by molar-refractivity contribution is 9.10. The van der Waals surface area contributed by atoms with Gasteiger partial charge in [0.05, 0.1) is 0 Å². The van der Waals surface area contributed by atoms with Crippen molar-refractivity contribution in [1.82, 2.24) is 0 Å². The molecule has 0 aliphatic rings. The van der Waals surface area contributed by atoms with Crippen LogP contribution in [0.2, 0.25) is 5.02 Å². The van der Waals surface area contributed by atoms with Crippen LogP contribution in [0, 0.1) is 0 Å². The lowest BCUT2D eigenvalue weighted by atomic mass is 10.2. The van der Waals surface area contributed by atoms with E-state index in [2.05, 4.69) is 27.3 Å². The van der Waals surface area contributed by atoms with Gasteiger partial charge in [-0.3, -0.25) is 0 Å². The van der Waals surface area contributed by atoms with Gasteiger partial charge < -0.3 is 5.32 Å². The smallest absolute Gasteiger partial charge is 0.0406 e. The van der Waals surface area contributed by atoms with E-state index in [9.17, 15) is 0 Å². The van der Waals surface area contributed by atoms with Crippen molar-refractivity contribution in [2.24, 2.45) is 0 Å². The molecule has 16 heavy (non-hydrogen) atoms. The fourth-order valence-corrected chi connectivity index (χ4v) is 1.93. The van der Waals surface area contributed by atoms with E-state index in [1.165, 1.54) is 5.56 Å². The van der Waals surface area contributed by atoms with Crippen molar-refractivity contribution in [3.05, 3.63) is 63.6 Å². The zero-order valence-electron chi connectivity index (χ0n) is 8.58. The second-order valence-electron chi connectivity index (χ2n) is 3.49. The molecule has 82 valence electrons. The van der Waals surface area contributed by atoms with E-state index in [1.807, 2.05) is 42.5 Å². The van der Waals surface area contributed by atoms with Crippen LogP contribution >= 0.6 is 27.5 Å². The van der Waals surface area contributed by atoms with Gasteiger partial charge in [0.25, 0.3) is 0 Å². The summed E-state index contributed by atoms with van der Waals surface area (Å²) in [6.07, 6.45) is 0. The van der Waals surface area contributed by atoms with Crippen molar-refractivity contribution >= 4 is 33.2 Å². The van der Waals surface area contributed by atoms with Crippen LogP contribution in [0.25, 0.3) is 0 Å². The van der Waals surface area contributed by atoms with Crippen molar-refractivity contribution in [3.8, 4) is 0 Å². The highest BCUT2D eigenvalue weighted by Gasteiger charge is 1.95. The van der Waals surface area contributed by atoms with E-state index < -0.39 is 0 Å². The minimum Gasteiger partial charge on any atom is -0.381 e. The molecule has 0 aliphatic carbocycles. The molecule has 1 nitrogen and oxygen atoms in total. The van der Waals surface area contributed by atoms with Crippen LogP contribution < -0.4 is 5.32 Å². The molecule has 2 aromatic carbocycles. The van der Waals surface area contributed by atoms with Gasteiger partial charge in [0.1, 0.15) is 0 Å². The van der Waals surface area contributed by atoms with E-state index in [0.717, 1.165) is 21.7 Å². The second-order valence-corrected chi connectivity index (χ2v) is 4.84. The Morgan fingerprint density at radius 1 is 1.06 bits per heavy atom. The lowest BCUT2D eigenvalue weighted by Gasteiger charge is -2.06. The van der Waals surface area contributed by atoms with E-state index in [1.54, 1.807) is 0 Å². The second kappa shape index (κ2) is 5.37. The Bertz CT molecular complexity index is 468. The minimum atomic E-state index is 0.770. The van der Waals surface area contributed by atoms with Crippen molar-refractivity contribution in [3.63, 3.8) is 0 Å². The molecule has 0 radical (unpaired) electrons. The Labute approximate surface area is 109 Å². The summed E-state index contributed by atoms with van der Waals surface area (Å²) in [5.74, 6) is 0. The minimum absolute atomic E-state index is 0.770. The summed E-state index contributed by atoms with van der Waals surface area (Å²) in [5.41, 5.74) is 2.31. The highest BCUT2D eigenvalue weighted by Crippen LogP contribution is 2.17. The van der Waals surface area contributed by atoms with Crippen molar-refractivity contribution < 1.29 is 0 Å². The molecule has 1 N–H and O–H groups in total. The normalized spacial score (nSPS) is 10.1. The molecule has 0 aromatic heterocycles. The van der Waals surface area contributed by atoms with Crippen molar-refractivity contribution in [2.75, 3.05) is 5.32 Å². The van der Waals surface area contributed by atoms with Crippen LogP contribution in [0.4, 0.5) is 5.69 Å². The van der Waals surface area contributed by atoms with Gasteiger partial charge in [-0.15, -0.1) is 0 Å². The topological polar surface area (TPSA) is 12.0 Å². The zero-order valence-corrected chi connectivity index (χ0v) is 10.9. The maximum atomic E-state index is 5.82. The summed E-state index contributed by atoms with van der Waals surface area (Å²) in [5, 5.41) is 4.12. The summed E-state index contributed by atoms with van der Waals surface area (Å²) >= 11 is 9.26. The van der Waals surface area contributed by atoms with Crippen LogP contribution in [-0.4, -0.2) is 0 Å². The Morgan fingerprint density at radius 2 is 1.81 bits per heavy atom. The number of hydrogen-bond acceptors (Lipinski definition) is 1. The van der Waals surface area contributed by atoms with Gasteiger partial charge in [-0.1, -0.05) is 45.7 Å². The first kappa shape index (κ1) is 11.5. The molecule has 0 aliphatic heterocycles. The fourth-order valence-electron chi connectivity index (χ4n) is 1.40. The largest absolute Gasteiger partial charge is 0.381 e. The fraction of sp³-hybridized carbons (Fsp3) is 0.0769. The molecule has 3 heteroatoms. The molecular formula is C13H11BrClN. The van der Waals surface area contributed by atoms with E-state index in [-0.39, 0.29) is 0 Å². The van der Waals surface area contributed by atoms with Gasteiger partial charge in [-0.2, -0.15) is 0 Å². The van der Waals surface area contributed by atoms with Crippen LogP contribution in [0.15, 0.2) is 53.0 Å². The van der Waals surface area contributed by atoms with Gasteiger partial charge in [-0.05, 0) is 35.9 Å². The Kier molecular flexibility index (Phi) is 3.86. The number of rotatable bonds is 3. The first-order valence-corrected chi connectivity index (χ1v) is 6.15. The summed E-state index contributed by atoms with van der Waals surface area (Å²) in [7, 11) is 0. The van der Waals surface area contributed by atoms with Gasteiger partial charge in [0.2, 0.25) is 0 Å². The molecule has 0 unspecified atom stereocenters. The third kappa shape index (κ3) is 3.26. The first-order valence-electron chi connectivity index (χ1n) is 4.98. The van der Waals surface area contributed by atoms with Crippen molar-refractivity contribution in [1.29, 1.82) is 0 Å². The van der Waals surface area contributed by atoms with Crippen LogP contribution in [0.1, 0.15) is 5.56 Å². The molecule has 2 rings (SSSR count). The monoisotopic (exact) mass is 295 g/mol. The van der Waals surface area contributed by atoms with Gasteiger partial charge in [-0.25, -0.2) is 0 Å². The third-order valence-corrected chi connectivity index (χ3v) is 2.98. The number of hydrogen-bond donors (Lipinski definition) is 1. The Morgan fingerprint density at radius 3 is 2.50 bits per heavy atom. The molecule has 2 aromatic rings. The summed E-state index contributed by atoms with van der Waals surface area (Å²) in [6, 6.07) is 16.0. The van der Waals surface area contributed by atoms with Crippen LogP contribution in [-0.2, 0) is 6.54 Å². The lowest BCUT2D eigenvalue weighted by Crippen LogP contribution is -1.98. The van der Waals surface area contributed by atoms with E-state index in [4.69, 9.17) is 11.6 Å². The van der Waals surface area contributed by atoms with Gasteiger partial charge >= 0.3 is 0 Å². The molecule has 0 spiro atoms. The average molecular weight is 297 g/mol. The Hall–Kier alpha value is -0.990. The van der Waals surface area contributed by atoms with Crippen LogP contribution in [0.3, 0.4) is 0 Å². The first-order chi connectivity index (χ1) is 7.74. The van der Waals surface area contributed by atoms with E-state index in [0.29, 0.717) is 0 Å². The number of anilines is 1. The molecule has 0 bridgehead atoms. The molecule has 0 saturated heterocycles. The summed E-state index contributed by atoms with van der Waals surface area (Å²) < 4.78 is 1.08. The van der Waals surface area contributed by atoms with Gasteiger partial charge in [0.15, 0.2) is 0 Å². The quantitative estimate of drug-likeness (QED) is 0.864. The van der Waals surface area contributed by atoms with Crippen molar-refractivity contribution in [2.45, 2.75) is 6.54 Å². The molecule has 0 fully saturated rings. The molecule has 0 amide bonds. The number of benzene rings is 2. The molecule has 0 saturated carbocycles. The lowest BCUT2D eigenvalue weighted by molar-refractivity contribution is 1.15. The maximum Gasteiger partial charge on any atom is 0.0406 e. The molecule has 0 heterocycles. The average Bonchev–Trinajstić information content (AvgIpc) is 2.28. The third-order valence-electron chi connectivity index (χ3n) is 2.23. The predicted octanol–water partition coefficient (Wildman–Crippen LogP) is 4.71. The summed E-state index contributed by atoms with van der Waals surface area (Å²) in [4.78, 5) is 0. The standard InChI is InChI=1S/C13H11BrClN/c14-11-2-1-3-13(8-11)16-9-10-4-6-12(15)7-5-10/h1-8,16H,9H2. The number of nitrogens with one attached hydrogen (secondary N) is 1.